The Morgan fingerprint density at radius 2 is 2.00 bits per heavy atom. The molecule has 1 aromatic rings. The zero-order chi connectivity index (χ0) is 14.9. The van der Waals surface area contributed by atoms with Gasteiger partial charge in [-0.05, 0) is 32.4 Å². The Labute approximate surface area is 124 Å². The number of hydrogen-bond donors (Lipinski definition) is 1. The first-order valence-corrected chi connectivity index (χ1v) is 7.13. The number of nitrogens with zero attached hydrogens (tertiary/aromatic N) is 1. The van der Waals surface area contributed by atoms with Crippen LogP contribution in [0.1, 0.15) is 32.3 Å². The molecule has 1 aliphatic heterocycles. The van der Waals surface area contributed by atoms with Gasteiger partial charge in [0, 0.05) is 30.1 Å². The second-order valence-electron chi connectivity index (χ2n) is 6.18. The normalized spacial score (nSPS) is 22.9. The summed E-state index contributed by atoms with van der Waals surface area (Å²) in [5.74, 6) is 0.0521. The van der Waals surface area contributed by atoms with E-state index in [2.05, 4.69) is 0 Å². The van der Waals surface area contributed by atoms with Gasteiger partial charge in [-0.1, -0.05) is 29.8 Å². The van der Waals surface area contributed by atoms with Crippen molar-refractivity contribution in [3.05, 3.63) is 34.9 Å². The predicted molar refractivity (Wildman–Crippen MR) is 80.0 cm³/mol. The molecule has 1 aromatic carbocycles. The Balaban J connectivity index is 2.10. The van der Waals surface area contributed by atoms with Crippen LogP contribution >= 0.6 is 11.6 Å². The fourth-order valence-corrected chi connectivity index (χ4v) is 2.69. The molecule has 0 unspecified atom stereocenters. The summed E-state index contributed by atoms with van der Waals surface area (Å²) >= 11 is 6.21. The van der Waals surface area contributed by atoms with Crippen LogP contribution in [0.25, 0.3) is 0 Å². The average molecular weight is 297 g/mol. The van der Waals surface area contributed by atoms with Crippen LogP contribution in [0.2, 0.25) is 5.02 Å². The fraction of sp³-hybridized carbons (Fsp3) is 0.533. The van der Waals surface area contributed by atoms with Crippen LogP contribution in [0.3, 0.4) is 0 Å². The van der Waals surface area contributed by atoms with Crippen molar-refractivity contribution in [1.29, 1.82) is 0 Å². The lowest BCUT2D eigenvalue weighted by Crippen LogP contribution is -2.36. The monoisotopic (exact) mass is 296 g/mol. The summed E-state index contributed by atoms with van der Waals surface area (Å²) in [6.07, 6.45) is -0.317. The van der Waals surface area contributed by atoms with Gasteiger partial charge in [-0.3, -0.25) is 0 Å². The predicted octanol–water partition coefficient (Wildman–Crippen LogP) is 3.00. The molecule has 0 spiro atoms. The number of carbonyl (C=O) groups is 1. The maximum absolute atomic E-state index is 12.1. The third kappa shape index (κ3) is 3.44. The minimum atomic E-state index is -0.496. The third-order valence-electron chi connectivity index (χ3n) is 3.32. The van der Waals surface area contributed by atoms with Crippen molar-refractivity contribution in [1.82, 2.24) is 4.90 Å². The first-order valence-electron chi connectivity index (χ1n) is 6.76. The number of ether oxygens (including phenoxy) is 1. The Morgan fingerprint density at radius 3 is 2.60 bits per heavy atom. The van der Waals surface area contributed by atoms with E-state index < -0.39 is 5.60 Å². The van der Waals surface area contributed by atoms with E-state index in [-0.39, 0.29) is 18.1 Å². The van der Waals surface area contributed by atoms with E-state index in [1.54, 1.807) is 4.90 Å². The molecule has 4 nitrogen and oxygen atoms in total. The first kappa shape index (κ1) is 15.1. The summed E-state index contributed by atoms with van der Waals surface area (Å²) in [7, 11) is 0. The lowest BCUT2D eigenvalue weighted by Gasteiger charge is -2.24. The number of carbonyl (C=O) groups excluding carboxylic acids is 1. The van der Waals surface area contributed by atoms with Crippen molar-refractivity contribution in [3.8, 4) is 0 Å². The summed E-state index contributed by atoms with van der Waals surface area (Å²) in [4.78, 5) is 13.7. The van der Waals surface area contributed by atoms with Crippen molar-refractivity contribution in [2.24, 2.45) is 5.73 Å². The number of nitrogens with two attached hydrogens (primary N) is 1. The van der Waals surface area contributed by atoms with E-state index in [0.717, 1.165) is 5.56 Å². The van der Waals surface area contributed by atoms with Crippen molar-refractivity contribution in [3.63, 3.8) is 0 Å². The number of rotatable bonds is 1. The lowest BCUT2D eigenvalue weighted by molar-refractivity contribution is 0.0290. The molecule has 20 heavy (non-hydrogen) atoms. The van der Waals surface area contributed by atoms with Gasteiger partial charge in [-0.2, -0.15) is 0 Å². The number of likely N-dealkylation sites (tertiary alicyclic amines) is 1. The van der Waals surface area contributed by atoms with Crippen LogP contribution in [0.4, 0.5) is 4.79 Å². The molecule has 0 aliphatic carbocycles. The van der Waals surface area contributed by atoms with Crippen LogP contribution in [0.15, 0.2) is 24.3 Å². The molecule has 2 rings (SSSR count). The lowest BCUT2D eigenvalue weighted by atomic mass is 9.95. The van der Waals surface area contributed by atoms with Crippen LogP contribution < -0.4 is 5.73 Å². The minimum absolute atomic E-state index is 0.0521. The SMILES string of the molecule is CC(C)(C)OC(=O)N1C[C@H](c2ccccc2Cl)[C@@H](N)C1. The fourth-order valence-electron chi connectivity index (χ4n) is 2.41. The standard InChI is InChI=1S/C15H21ClN2O2/c1-15(2,3)20-14(19)18-8-11(13(17)9-18)10-6-4-5-7-12(10)16/h4-7,11,13H,8-9,17H2,1-3H3/t11-,13+/m1/s1. The summed E-state index contributed by atoms with van der Waals surface area (Å²) in [6, 6.07) is 7.51. The number of halogens is 1. The van der Waals surface area contributed by atoms with E-state index in [1.807, 2.05) is 45.0 Å². The molecule has 5 heteroatoms. The molecule has 1 amide bonds. The van der Waals surface area contributed by atoms with Gasteiger partial charge in [0.05, 0.1) is 0 Å². The maximum atomic E-state index is 12.1. The largest absolute Gasteiger partial charge is 0.444 e. The smallest absolute Gasteiger partial charge is 0.410 e. The highest BCUT2D eigenvalue weighted by Gasteiger charge is 2.36. The van der Waals surface area contributed by atoms with Crippen LogP contribution in [-0.2, 0) is 4.74 Å². The van der Waals surface area contributed by atoms with E-state index >= 15 is 0 Å². The second-order valence-corrected chi connectivity index (χ2v) is 6.58. The molecule has 0 radical (unpaired) electrons. The zero-order valence-electron chi connectivity index (χ0n) is 12.1. The maximum Gasteiger partial charge on any atom is 0.410 e. The molecule has 1 saturated heterocycles. The number of amides is 1. The molecule has 2 atom stereocenters. The highest BCUT2D eigenvalue weighted by molar-refractivity contribution is 6.31. The van der Waals surface area contributed by atoms with Gasteiger partial charge in [-0.15, -0.1) is 0 Å². The van der Waals surface area contributed by atoms with Gasteiger partial charge in [0.1, 0.15) is 5.60 Å². The Bertz CT molecular complexity index is 499. The van der Waals surface area contributed by atoms with Crippen LogP contribution in [0, 0.1) is 0 Å². The quantitative estimate of drug-likeness (QED) is 0.867. The summed E-state index contributed by atoms with van der Waals surface area (Å²) in [5.41, 5.74) is 6.66. The Kier molecular flexibility index (Phi) is 4.25. The molecule has 1 fully saturated rings. The summed E-state index contributed by atoms with van der Waals surface area (Å²) in [6.45, 7) is 6.59. The van der Waals surface area contributed by atoms with E-state index in [1.165, 1.54) is 0 Å². The van der Waals surface area contributed by atoms with Crippen molar-refractivity contribution >= 4 is 17.7 Å². The van der Waals surface area contributed by atoms with Crippen molar-refractivity contribution in [2.75, 3.05) is 13.1 Å². The first-order chi connectivity index (χ1) is 9.28. The van der Waals surface area contributed by atoms with E-state index in [9.17, 15) is 4.79 Å². The highest BCUT2D eigenvalue weighted by Crippen LogP contribution is 2.32. The zero-order valence-corrected chi connectivity index (χ0v) is 12.9. The van der Waals surface area contributed by atoms with Crippen LogP contribution in [0.5, 0.6) is 0 Å². The third-order valence-corrected chi connectivity index (χ3v) is 3.67. The van der Waals surface area contributed by atoms with Gasteiger partial charge < -0.3 is 15.4 Å². The van der Waals surface area contributed by atoms with Gasteiger partial charge >= 0.3 is 6.09 Å². The Hall–Kier alpha value is -1.26. The number of hydrogen-bond acceptors (Lipinski definition) is 3. The minimum Gasteiger partial charge on any atom is -0.444 e. The molecule has 1 aliphatic rings. The van der Waals surface area contributed by atoms with Crippen LogP contribution in [-0.4, -0.2) is 35.7 Å². The van der Waals surface area contributed by atoms with Crippen molar-refractivity contribution in [2.45, 2.75) is 38.3 Å². The van der Waals surface area contributed by atoms with Gasteiger partial charge in [0.2, 0.25) is 0 Å². The number of benzene rings is 1. The molecule has 2 N–H and O–H groups in total. The van der Waals surface area contributed by atoms with Gasteiger partial charge in [0.15, 0.2) is 0 Å². The molecule has 0 bridgehead atoms. The Morgan fingerprint density at radius 1 is 1.35 bits per heavy atom. The molecule has 1 heterocycles. The van der Waals surface area contributed by atoms with Gasteiger partial charge in [0.25, 0.3) is 0 Å². The van der Waals surface area contributed by atoms with Crippen molar-refractivity contribution < 1.29 is 9.53 Å². The average Bonchev–Trinajstić information content (AvgIpc) is 2.70. The second kappa shape index (κ2) is 5.62. The highest BCUT2D eigenvalue weighted by atomic mass is 35.5. The molecule has 110 valence electrons. The molecule has 0 aromatic heterocycles. The van der Waals surface area contributed by atoms with E-state index in [4.69, 9.17) is 22.1 Å². The van der Waals surface area contributed by atoms with Gasteiger partial charge in [-0.25, -0.2) is 4.79 Å². The molecule has 0 saturated carbocycles. The summed E-state index contributed by atoms with van der Waals surface area (Å²) < 4.78 is 5.38. The molecular weight excluding hydrogens is 276 g/mol. The molecular formula is C15H21ClN2O2. The summed E-state index contributed by atoms with van der Waals surface area (Å²) in [5, 5.41) is 0.694. The van der Waals surface area contributed by atoms with E-state index in [0.29, 0.717) is 18.1 Å². The topological polar surface area (TPSA) is 55.6 Å².